The summed E-state index contributed by atoms with van der Waals surface area (Å²) in [6, 6.07) is 14.6. The zero-order valence-corrected chi connectivity index (χ0v) is 13.6. The highest BCUT2D eigenvalue weighted by Crippen LogP contribution is 2.18. The van der Waals surface area contributed by atoms with Gasteiger partial charge in [-0.25, -0.2) is 0 Å². The molecule has 0 aliphatic carbocycles. The number of hydrogen-bond acceptors (Lipinski definition) is 4. The summed E-state index contributed by atoms with van der Waals surface area (Å²) in [5, 5.41) is 1.55. The van der Waals surface area contributed by atoms with E-state index in [0.717, 1.165) is 16.9 Å². The molecular formula is C19H20N2O3. The third-order valence-corrected chi connectivity index (χ3v) is 3.74. The molecule has 24 heavy (non-hydrogen) atoms. The number of nitrogens with two attached hydrogens (primary N) is 1. The normalized spacial score (nSPS) is 10.7. The largest absolute Gasteiger partial charge is 0.494 e. The molecule has 5 heteroatoms. The summed E-state index contributed by atoms with van der Waals surface area (Å²) in [6.07, 6.45) is 1.78. The Balaban J connectivity index is 1.73. The lowest BCUT2D eigenvalue weighted by Gasteiger charge is -2.10. The molecule has 1 aromatic heterocycles. The molecule has 3 aromatic rings. The molecule has 2 aromatic carbocycles. The number of benzene rings is 2. The van der Waals surface area contributed by atoms with Crippen molar-refractivity contribution in [2.45, 2.75) is 13.5 Å². The monoisotopic (exact) mass is 324 g/mol. The average Bonchev–Trinajstić information content (AvgIpc) is 2.59. The first kappa shape index (κ1) is 15.9. The Morgan fingerprint density at radius 2 is 1.75 bits per heavy atom. The van der Waals surface area contributed by atoms with Crippen LogP contribution in [0.4, 0.5) is 5.69 Å². The van der Waals surface area contributed by atoms with Crippen molar-refractivity contribution in [3.05, 3.63) is 65.1 Å². The molecule has 2 N–H and O–H groups in total. The van der Waals surface area contributed by atoms with E-state index in [2.05, 4.69) is 0 Å². The van der Waals surface area contributed by atoms with Crippen LogP contribution in [0.25, 0.3) is 10.8 Å². The van der Waals surface area contributed by atoms with Gasteiger partial charge in [-0.15, -0.1) is 0 Å². The second-order valence-corrected chi connectivity index (χ2v) is 5.41. The maximum Gasteiger partial charge on any atom is 0.258 e. The molecule has 0 atom stereocenters. The Morgan fingerprint density at radius 1 is 1.00 bits per heavy atom. The first-order chi connectivity index (χ1) is 11.7. The van der Waals surface area contributed by atoms with E-state index in [1.54, 1.807) is 29.0 Å². The van der Waals surface area contributed by atoms with Crippen LogP contribution < -0.4 is 20.8 Å². The van der Waals surface area contributed by atoms with Crippen molar-refractivity contribution in [3.8, 4) is 11.5 Å². The molecule has 0 aliphatic heterocycles. The van der Waals surface area contributed by atoms with Gasteiger partial charge in [0.2, 0.25) is 0 Å². The van der Waals surface area contributed by atoms with E-state index in [1.165, 1.54) is 0 Å². The topological polar surface area (TPSA) is 66.5 Å². The standard InChI is InChI=1S/C19H20N2O3/c1-2-23-17-7-8-18-14(13-17)9-10-21(19(18)22)11-12-24-16-5-3-15(20)4-6-16/h3-10,13H,2,11-12,20H2,1H3. The zero-order chi connectivity index (χ0) is 16.9. The van der Waals surface area contributed by atoms with Crippen molar-refractivity contribution in [1.82, 2.24) is 4.57 Å². The number of hydrogen-bond donors (Lipinski definition) is 1. The van der Waals surface area contributed by atoms with Gasteiger partial charge in [-0.2, -0.15) is 0 Å². The van der Waals surface area contributed by atoms with Gasteiger partial charge in [-0.3, -0.25) is 4.79 Å². The number of aromatic nitrogens is 1. The molecule has 0 saturated carbocycles. The van der Waals surface area contributed by atoms with Gasteiger partial charge in [0.05, 0.1) is 13.2 Å². The van der Waals surface area contributed by atoms with Gasteiger partial charge in [0.25, 0.3) is 5.56 Å². The Morgan fingerprint density at radius 3 is 2.50 bits per heavy atom. The van der Waals surface area contributed by atoms with Crippen LogP contribution in [0, 0.1) is 0 Å². The van der Waals surface area contributed by atoms with Gasteiger partial charge in [0, 0.05) is 17.3 Å². The first-order valence-electron chi connectivity index (χ1n) is 7.91. The fourth-order valence-corrected chi connectivity index (χ4v) is 2.52. The number of nitrogen functional groups attached to an aromatic ring is 1. The average molecular weight is 324 g/mol. The van der Waals surface area contributed by atoms with Crippen molar-refractivity contribution in [2.75, 3.05) is 18.9 Å². The van der Waals surface area contributed by atoms with E-state index in [0.29, 0.717) is 30.8 Å². The first-order valence-corrected chi connectivity index (χ1v) is 7.91. The molecule has 124 valence electrons. The maximum absolute atomic E-state index is 12.5. The molecule has 0 aliphatic rings. The predicted octanol–water partition coefficient (Wildman–Crippen LogP) is 3.06. The Hall–Kier alpha value is -2.95. The molecule has 0 amide bonds. The third kappa shape index (κ3) is 3.51. The summed E-state index contributed by atoms with van der Waals surface area (Å²) in [5.74, 6) is 1.51. The lowest BCUT2D eigenvalue weighted by Crippen LogP contribution is -2.22. The van der Waals surface area contributed by atoms with E-state index in [4.69, 9.17) is 15.2 Å². The fourth-order valence-electron chi connectivity index (χ4n) is 2.52. The molecule has 1 heterocycles. The SMILES string of the molecule is CCOc1ccc2c(=O)n(CCOc3ccc(N)cc3)ccc2c1. The molecule has 0 unspecified atom stereocenters. The Labute approximate surface area is 140 Å². The zero-order valence-electron chi connectivity index (χ0n) is 13.6. The molecule has 0 radical (unpaired) electrons. The minimum absolute atomic E-state index is 0.0311. The number of anilines is 1. The quantitative estimate of drug-likeness (QED) is 0.708. The van der Waals surface area contributed by atoms with Gasteiger partial charge >= 0.3 is 0 Å². The highest BCUT2D eigenvalue weighted by Gasteiger charge is 2.04. The van der Waals surface area contributed by atoms with Crippen molar-refractivity contribution in [2.24, 2.45) is 0 Å². The van der Waals surface area contributed by atoms with E-state index in [1.807, 2.05) is 37.3 Å². The summed E-state index contributed by atoms with van der Waals surface area (Å²) >= 11 is 0. The van der Waals surface area contributed by atoms with Crippen LogP contribution in [0.5, 0.6) is 11.5 Å². The van der Waals surface area contributed by atoms with Crippen LogP contribution >= 0.6 is 0 Å². The minimum Gasteiger partial charge on any atom is -0.494 e. The summed E-state index contributed by atoms with van der Waals surface area (Å²) < 4.78 is 12.8. The fraction of sp³-hybridized carbons (Fsp3) is 0.211. The van der Waals surface area contributed by atoms with Crippen LogP contribution in [0.3, 0.4) is 0 Å². The van der Waals surface area contributed by atoms with Gasteiger partial charge in [0.1, 0.15) is 18.1 Å². The lowest BCUT2D eigenvalue weighted by molar-refractivity contribution is 0.296. The van der Waals surface area contributed by atoms with E-state index < -0.39 is 0 Å². The smallest absolute Gasteiger partial charge is 0.258 e. The van der Waals surface area contributed by atoms with E-state index >= 15 is 0 Å². The number of ether oxygens (including phenoxy) is 2. The second-order valence-electron chi connectivity index (χ2n) is 5.41. The third-order valence-electron chi connectivity index (χ3n) is 3.74. The van der Waals surface area contributed by atoms with Crippen molar-refractivity contribution in [3.63, 3.8) is 0 Å². The van der Waals surface area contributed by atoms with Crippen LogP contribution in [0.1, 0.15) is 6.92 Å². The van der Waals surface area contributed by atoms with Crippen molar-refractivity contribution >= 4 is 16.5 Å². The number of rotatable bonds is 6. The number of pyridine rings is 1. The molecular weight excluding hydrogens is 304 g/mol. The molecule has 0 bridgehead atoms. The summed E-state index contributed by atoms with van der Waals surface area (Å²) in [7, 11) is 0. The summed E-state index contributed by atoms with van der Waals surface area (Å²) in [5.41, 5.74) is 6.30. The van der Waals surface area contributed by atoms with E-state index in [9.17, 15) is 4.79 Å². The Bertz CT molecular complexity index is 885. The van der Waals surface area contributed by atoms with Crippen LogP contribution in [0.15, 0.2) is 59.5 Å². The van der Waals surface area contributed by atoms with Crippen molar-refractivity contribution in [1.29, 1.82) is 0 Å². The highest BCUT2D eigenvalue weighted by molar-refractivity contribution is 5.82. The minimum atomic E-state index is -0.0311. The summed E-state index contributed by atoms with van der Waals surface area (Å²) in [6.45, 7) is 3.42. The molecule has 5 nitrogen and oxygen atoms in total. The van der Waals surface area contributed by atoms with Crippen LogP contribution in [-0.2, 0) is 6.54 Å². The van der Waals surface area contributed by atoms with Crippen LogP contribution in [0.2, 0.25) is 0 Å². The molecule has 3 rings (SSSR count). The van der Waals surface area contributed by atoms with Gasteiger partial charge in [-0.1, -0.05) is 0 Å². The maximum atomic E-state index is 12.5. The molecule has 0 saturated heterocycles. The van der Waals surface area contributed by atoms with E-state index in [-0.39, 0.29) is 5.56 Å². The van der Waals surface area contributed by atoms with Gasteiger partial charge < -0.3 is 19.8 Å². The molecule has 0 spiro atoms. The predicted molar refractivity (Wildman–Crippen MR) is 95.7 cm³/mol. The molecule has 0 fully saturated rings. The summed E-state index contributed by atoms with van der Waals surface area (Å²) in [4.78, 5) is 12.5. The second kappa shape index (κ2) is 7.08. The lowest BCUT2D eigenvalue weighted by atomic mass is 10.1. The van der Waals surface area contributed by atoms with Gasteiger partial charge in [0.15, 0.2) is 0 Å². The Kier molecular flexibility index (Phi) is 4.70. The van der Waals surface area contributed by atoms with Crippen molar-refractivity contribution < 1.29 is 9.47 Å². The highest BCUT2D eigenvalue weighted by atomic mass is 16.5. The number of fused-ring (bicyclic) bond motifs is 1. The van der Waals surface area contributed by atoms with Crippen LogP contribution in [-0.4, -0.2) is 17.8 Å². The van der Waals surface area contributed by atoms with Gasteiger partial charge in [-0.05, 0) is 60.8 Å². The number of nitrogens with zero attached hydrogens (tertiary/aromatic N) is 1.